The Labute approximate surface area is 243 Å². The molecule has 0 aliphatic heterocycles. The lowest BCUT2D eigenvalue weighted by atomic mass is 9.89. The van der Waals surface area contributed by atoms with Gasteiger partial charge in [-0.05, 0) is 25.8 Å². The maximum atomic E-state index is 12.6. The first-order valence-corrected chi connectivity index (χ1v) is 17.3. The van der Waals surface area contributed by atoms with E-state index in [0.29, 0.717) is 12.8 Å². The lowest BCUT2D eigenvalue weighted by Crippen LogP contribution is -2.38. The van der Waals surface area contributed by atoms with Crippen molar-refractivity contribution in [3.63, 3.8) is 0 Å². The molecule has 0 saturated heterocycles. The average molecular weight is 556 g/mol. The molecule has 0 radical (unpaired) electrons. The summed E-state index contributed by atoms with van der Waals surface area (Å²) >= 11 is 0. The van der Waals surface area contributed by atoms with E-state index in [4.69, 9.17) is 5.73 Å². The number of ketones is 1. The topological polar surface area (TPSA) is 104 Å². The highest BCUT2D eigenvalue weighted by Gasteiger charge is 2.30. The van der Waals surface area contributed by atoms with Crippen molar-refractivity contribution in [2.45, 2.75) is 192 Å². The third kappa shape index (κ3) is 25.0. The summed E-state index contributed by atoms with van der Waals surface area (Å²) in [5.74, 6) is -1.24. The third-order valence-corrected chi connectivity index (χ3v) is 8.39. The van der Waals surface area contributed by atoms with Gasteiger partial charge >= 0.3 is 0 Å². The van der Waals surface area contributed by atoms with Crippen molar-refractivity contribution < 1.29 is 20.1 Å². The minimum Gasteiger partial charge on any atom is -0.396 e. The van der Waals surface area contributed by atoms with Crippen LogP contribution in [0.4, 0.5) is 0 Å². The van der Waals surface area contributed by atoms with Gasteiger partial charge in [0.15, 0.2) is 5.78 Å². The number of rotatable bonds is 32. The van der Waals surface area contributed by atoms with E-state index in [9.17, 15) is 20.1 Å². The summed E-state index contributed by atoms with van der Waals surface area (Å²) in [6.07, 6.45) is 30.0. The molecule has 234 valence electrons. The number of aliphatic hydroxyl groups is 3. The summed E-state index contributed by atoms with van der Waals surface area (Å²) in [7, 11) is 0. The van der Waals surface area contributed by atoms with Crippen molar-refractivity contribution in [1.29, 1.82) is 0 Å². The first-order valence-electron chi connectivity index (χ1n) is 17.3. The number of hydrogen-bond acceptors (Lipinski definition) is 5. The Morgan fingerprint density at radius 2 is 0.872 bits per heavy atom. The van der Waals surface area contributed by atoms with Crippen molar-refractivity contribution in [1.82, 2.24) is 0 Å². The molecule has 39 heavy (non-hydrogen) atoms. The van der Waals surface area contributed by atoms with E-state index >= 15 is 0 Å². The molecular weight excluding hydrogens is 486 g/mol. The molecule has 0 aliphatic carbocycles. The molecule has 5 nitrogen and oxygen atoms in total. The Kier molecular flexibility index (Phi) is 30.1. The monoisotopic (exact) mass is 556 g/mol. The van der Waals surface area contributed by atoms with E-state index < -0.39 is 18.1 Å². The molecule has 0 aromatic rings. The van der Waals surface area contributed by atoms with Gasteiger partial charge in [-0.15, -0.1) is 0 Å². The fraction of sp³-hybridized carbons (Fsp3) is 0.971. The van der Waals surface area contributed by atoms with E-state index in [1.54, 1.807) is 0 Å². The lowest BCUT2D eigenvalue weighted by molar-refractivity contribution is -0.137. The van der Waals surface area contributed by atoms with Gasteiger partial charge in [0.25, 0.3) is 0 Å². The Morgan fingerprint density at radius 1 is 0.538 bits per heavy atom. The Morgan fingerprint density at radius 3 is 1.23 bits per heavy atom. The number of carbonyl (C=O) groups excluding carboxylic acids is 1. The minimum atomic E-state index is -1.06. The van der Waals surface area contributed by atoms with Gasteiger partial charge in [0.2, 0.25) is 0 Å². The summed E-state index contributed by atoms with van der Waals surface area (Å²) < 4.78 is 0. The van der Waals surface area contributed by atoms with Crippen molar-refractivity contribution >= 4 is 5.78 Å². The number of Topliss-reactive ketones (excluding diaryl/α,β-unsaturated/α-hetero) is 1. The minimum absolute atomic E-state index is 0.382. The van der Waals surface area contributed by atoms with Gasteiger partial charge in [0.05, 0.1) is 18.6 Å². The molecule has 0 heterocycles. The van der Waals surface area contributed by atoms with Crippen LogP contribution in [-0.4, -0.2) is 46.5 Å². The number of unbranched alkanes of at least 4 members (excludes halogenated alkanes) is 23. The van der Waals surface area contributed by atoms with Crippen LogP contribution in [0.15, 0.2) is 0 Å². The molecule has 0 fully saturated rings. The number of nitrogens with two attached hydrogens (primary N) is 1. The van der Waals surface area contributed by atoms with Crippen LogP contribution < -0.4 is 5.73 Å². The Balaban J connectivity index is 3.70. The molecular formula is C34H69NO4. The molecule has 0 spiro atoms. The van der Waals surface area contributed by atoms with Crippen molar-refractivity contribution in [2.24, 2.45) is 11.7 Å². The highest BCUT2D eigenvalue weighted by Crippen LogP contribution is 2.19. The van der Waals surface area contributed by atoms with Crippen LogP contribution in [0.5, 0.6) is 0 Å². The van der Waals surface area contributed by atoms with Crippen LogP contribution in [0.3, 0.4) is 0 Å². The van der Waals surface area contributed by atoms with E-state index in [0.717, 1.165) is 51.5 Å². The van der Waals surface area contributed by atoms with Crippen LogP contribution in [0, 0.1) is 5.92 Å². The van der Waals surface area contributed by atoms with Crippen LogP contribution in [-0.2, 0) is 4.79 Å². The summed E-state index contributed by atoms with van der Waals surface area (Å²) in [4.78, 5) is 12.6. The smallest absolute Gasteiger partial charge is 0.169 e. The van der Waals surface area contributed by atoms with Crippen LogP contribution >= 0.6 is 0 Å². The fourth-order valence-corrected chi connectivity index (χ4v) is 5.61. The molecule has 0 amide bonds. The lowest BCUT2D eigenvalue weighted by Gasteiger charge is -2.22. The Bertz CT molecular complexity index is 502. The highest BCUT2D eigenvalue weighted by atomic mass is 16.3. The molecule has 3 atom stereocenters. The number of hydrogen-bond donors (Lipinski definition) is 4. The zero-order valence-electron chi connectivity index (χ0n) is 26.1. The second kappa shape index (κ2) is 30.5. The van der Waals surface area contributed by atoms with E-state index in [1.807, 2.05) is 0 Å². The zero-order chi connectivity index (χ0) is 28.8. The van der Waals surface area contributed by atoms with Gasteiger partial charge < -0.3 is 21.1 Å². The van der Waals surface area contributed by atoms with Gasteiger partial charge in [-0.3, -0.25) is 4.79 Å². The summed E-state index contributed by atoms with van der Waals surface area (Å²) in [6.45, 7) is 2.69. The number of aliphatic hydroxyl groups excluding tert-OH is 3. The molecule has 0 rings (SSSR count). The van der Waals surface area contributed by atoms with Gasteiger partial charge in [-0.1, -0.05) is 161 Å². The number of carbonyl (C=O) groups is 1. The first-order chi connectivity index (χ1) is 19.1. The largest absolute Gasteiger partial charge is 0.396 e. The second-order valence-electron chi connectivity index (χ2n) is 12.1. The highest BCUT2D eigenvalue weighted by molar-refractivity contribution is 5.85. The Hall–Kier alpha value is -0.490. The van der Waals surface area contributed by atoms with Crippen LogP contribution in [0.25, 0.3) is 0 Å². The molecule has 0 aromatic heterocycles. The van der Waals surface area contributed by atoms with E-state index in [1.165, 1.54) is 116 Å². The predicted molar refractivity (Wildman–Crippen MR) is 167 cm³/mol. The maximum absolute atomic E-state index is 12.6. The van der Waals surface area contributed by atoms with Crippen molar-refractivity contribution in [2.75, 3.05) is 13.2 Å². The molecule has 0 bridgehead atoms. The molecule has 0 aliphatic rings. The maximum Gasteiger partial charge on any atom is 0.169 e. The third-order valence-electron chi connectivity index (χ3n) is 8.39. The molecule has 5 N–H and O–H groups in total. The van der Waals surface area contributed by atoms with Gasteiger partial charge in [-0.2, -0.15) is 0 Å². The molecule has 0 aromatic carbocycles. The average Bonchev–Trinajstić information content (AvgIpc) is 2.94. The predicted octanol–water partition coefficient (Wildman–Crippen LogP) is 8.40. The fourth-order valence-electron chi connectivity index (χ4n) is 5.61. The van der Waals surface area contributed by atoms with Gasteiger partial charge in [0, 0.05) is 0 Å². The molecule has 5 heteroatoms. The second-order valence-corrected chi connectivity index (χ2v) is 12.1. The molecule has 0 unspecified atom stereocenters. The van der Waals surface area contributed by atoms with Crippen LogP contribution in [0.1, 0.15) is 180 Å². The van der Waals surface area contributed by atoms with Crippen molar-refractivity contribution in [3.05, 3.63) is 0 Å². The van der Waals surface area contributed by atoms with E-state index in [-0.39, 0.29) is 12.4 Å². The SMILES string of the molecule is CCCCCCCCCCCCCC[C@@H](O)C(=O)[C@@H](CO)[C@H](O)CCCCCCCCCCCCCCCN. The summed E-state index contributed by atoms with van der Waals surface area (Å²) in [6, 6.07) is 0. The van der Waals surface area contributed by atoms with Crippen molar-refractivity contribution in [3.8, 4) is 0 Å². The molecule has 0 saturated carbocycles. The standard InChI is InChI=1S/C34H69NO4/c1-2-3-4-5-6-7-8-12-16-19-22-25-28-33(38)34(39)31(30-36)32(37)27-24-21-18-15-13-10-9-11-14-17-20-23-26-29-35/h31-33,36-38H,2-30,35H2,1H3/t31-,32+,33+/m0/s1. The van der Waals surface area contributed by atoms with Gasteiger partial charge in [0.1, 0.15) is 6.10 Å². The summed E-state index contributed by atoms with van der Waals surface area (Å²) in [5, 5.41) is 30.5. The normalized spacial score (nSPS) is 14.0. The quantitative estimate of drug-likeness (QED) is 0.0624. The first kappa shape index (κ1) is 38.5. The van der Waals surface area contributed by atoms with Crippen LogP contribution in [0.2, 0.25) is 0 Å². The zero-order valence-corrected chi connectivity index (χ0v) is 26.1. The van der Waals surface area contributed by atoms with Gasteiger partial charge in [-0.25, -0.2) is 0 Å². The van der Waals surface area contributed by atoms with E-state index in [2.05, 4.69) is 6.92 Å². The summed E-state index contributed by atoms with van der Waals surface area (Å²) in [5.41, 5.74) is 5.52.